The smallest absolute Gasteiger partial charge is 0.0637 e. The van der Waals surface area contributed by atoms with E-state index < -0.39 is 0 Å². The Labute approximate surface area is 112 Å². The molecule has 0 aromatic carbocycles. The van der Waals surface area contributed by atoms with Crippen LogP contribution < -0.4 is 5.32 Å². The van der Waals surface area contributed by atoms with Crippen LogP contribution in [0.25, 0.3) is 0 Å². The van der Waals surface area contributed by atoms with Crippen molar-refractivity contribution in [3.63, 3.8) is 0 Å². The van der Waals surface area contributed by atoms with Crippen LogP contribution in [0.4, 0.5) is 0 Å². The third-order valence-electron chi connectivity index (χ3n) is 4.52. The summed E-state index contributed by atoms with van der Waals surface area (Å²) in [6.07, 6.45) is 6.60. The first-order chi connectivity index (χ1) is 8.52. The molecule has 0 bridgehead atoms. The molecule has 0 aromatic rings. The van der Waals surface area contributed by atoms with Crippen molar-refractivity contribution >= 4 is 0 Å². The van der Waals surface area contributed by atoms with Gasteiger partial charge in [-0.1, -0.05) is 0 Å². The van der Waals surface area contributed by atoms with E-state index in [0.717, 1.165) is 18.5 Å². The molecule has 3 heteroatoms. The summed E-state index contributed by atoms with van der Waals surface area (Å²) in [5.74, 6) is 0. The largest absolute Gasteiger partial charge is 0.379 e. The Kier molecular flexibility index (Phi) is 4.68. The van der Waals surface area contributed by atoms with Gasteiger partial charge in [-0.15, -0.1) is 0 Å². The van der Waals surface area contributed by atoms with Gasteiger partial charge in [-0.2, -0.15) is 0 Å². The Morgan fingerprint density at radius 3 is 2.56 bits per heavy atom. The predicted octanol–water partition coefficient (Wildman–Crippen LogP) is 2.41. The van der Waals surface area contributed by atoms with Gasteiger partial charge in [-0.3, -0.25) is 4.90 Å². The molecule has 1 aliphatic carbocycles. The Morgan fingerprint density at radius 2 is 2.06 bits per heavy atom. The van der Waals surface area contributed by atoms with Crippen molar-refractivity contribution in [2.45, 2.75) is 76.6 Å². The number of hydrogen-bond acceptors (Lipinski definition) is 3. The highest BCUT2D eigenvalue weighted by atomic mass is 16.5. The average molecular weight is 254 g/mol. The normalized spacial score (nSPS) is 26.8. The SMILES string of the molecule is COC(C)(C)CC(C)N(CC1CCCN1)C1CC1. The lowest BCUT2D eigenvalue weighted by molar-refractivity contribution is -0.00829. The van der Waals surface area contributed by atoms with Crippen LogP contribution in [0.15, 0.2) is 0 Å². The molecule has 2 aliphatic rings. The van der Waals surface area contributed by atoms with E-state index in [4.69, 9.17) is 4.74 Å². The minimum atomic E-state index is -0.00430. The number of nitrogens with zero attached hydrogens (tertiary/aromatic N) is 1. The molecule has 1 saturated carbocycles. The van der Waals surface area contributed by atoms with Crippen LogP contribution in [-0.2, 0) is 4.74 Å². The average Bonchev–Trinajstić information content (AvgIpc) is 3.02. The number of rotatable bonds is 7. The van der Waals surface area contributed by atoms with Crippen molar-refractivity contribution in [2.75, 3.05) is 20.2 Å². The summed E-state index contributed by atoms with van der Waals surface area (Å²) in [7, 11) is 1.83. The molecule has 1 heterocycles. The third-order valence-corrected chi connectivity index (χ3v) is 4.52. The summed E-state index contributed by atoms with van der Waals surface area (Å²) >= 11 is 0. The minimum Gasteiger partial charge on any atom is -0.379 e. The summed E-state index contributed by atoms with van der Waals surface area (Å²) in [5.41, 5.74) is -0.00430. The zero-order valence-electron chi connectivity index (χ0n) is 12.5. The Morgan fingerprint density at radius 1 is 1.33 bits per heavy atom. The molecule has 0 amide bonds. The van der Waals surface area contributed by atoms with E-state index in [1.165, 1.54) is 38.8 Å². The van der Waals surface area contributed by atoms with Crippen molar-refractivity contribution in [3.05, 3.63) is 0 Å². The van der Waals surface area contributed by atoms with E-state index in [9.17, 15) is 0 Å². The van der Waals surface area contributed by atoms with Gasteiger partial charge in [0.25, 0.3) is 0 Å². The first kappa shape index (κ1) is 14.3. The van der Waals surface area contributed by atoms with Crippen LogP contribution in [0.5, 0.6) is 0 Å². The van der Waals surface area contributed by atoms with E-state index in [-0.39, 0.29) is 5.60 Å². The Bertz CT molecular complexity index is 257. The van der Waals surface area contributed by atoms with E-state index in [1.807, 2.05) is 7.11 Å². The number of hydrogen-bond donors (Lipinski definition) is 1. The second-order valence-electron chi connectivity index (χ2n) is 6.74. The summed E-state index contributed by atoms with van der Waals surface area (Å²) in [4.78, 5) is 2.73. The highest BCUT2D eigenvalue weighted by molar-refractivity contribution is 4.92. The van der Waals surface area contributed by atoms with Gasteiger partial charge in [0.05, 0.1) is 5.60 Å². The lowest BCUT2D eigenvalue weighted by Gasteiger charge is -2.36. The van der Waals surface area contributed by atoms with Gasteiger partial charge < -0.3 is 10.1 Å². The summed E-state index contributed by atoms with van der Waals surface area (Å²) < 4.78 is 5.59. The van der Waals surface area contributed by atoms with E-state index >= 15 is 0 Å². The molecule has 1 saturated heterocycles. The maximum atomic E-state index is 5.59. The second kappa shape index (κ2) is 5.89. The molecule has 2 fully saturated rings. The monoisotopic (exact) mass is 254 g/mol. The van der Waals surface area contributed by atoms with Crippen molar-refractivity contribution < 1.29 is 4.74 Å². The van der Waals surface area contributed by atoms with Gasteiger partial charge in [0, 0.05) is 31.8 Å². The fourth-order valence-electron chi connectivity index (χ4n) is 3.17. The molecule has 0 radical (unpaired) electrons. The lowest BCUT2D eigenvalue weighted by atomic mass is 9.98. The molecule has 0 aromatic heterocycles. The van der Waals surface area contributed by atoms with Crippen molar-refractivity contribution in [3.8, 4) is 0 Å². The molecular weight excluding hydrogens is 224 g/mol. The minimum absolute atomic E-state index is 0.00430. The van der Waals surface area contributed by atoms with Crippen LogP contribution >= 0.6 is 0 Å². The van der Waals surface area contributed by atoms with Gasteiger partial charge in [-0.25, -0.2) is 0 Å². The molecule has 0 spiro atoms. The quantitative estimate of drug-likeness (QED) is 0.755. The third kappa shape index (κ3) is 3.94. The summed E-state index contributed by atoms with van der Waals surface area (Å²) in [6, 6.07) is 2.18. The van der Waals surface area contributed by atoms with Crippen LogP contribution in [-0.4, -0.2) is 48.8 Å². The summed E-state index contributed by atoms with van der Waals surface area (Å²) in [5, 5.41) is 3.63. The van der Waals surface area contributed by atoms with Crippen LogP contribution in [0.2, 0.25) is 0 Å². The Balaban J connectivity index is 1.87. The highest BCUT2D eigenvalue weighted by Crippen LogP contribution is 2.32. The zero-order valence-corrected chi connectivity index (χ0v) is 12.5. The molecular formula is C15H30N2O. The van der Waals surface area contributed by atoms with Gasteiger partial charge >= 0.3 is 0 Å². The van der Waals surface area contributed by atoms with Crippen molar-refractivity contribution in [1.82, 2.24) is 10.2 Å². The maximum absolute atomic E-state index is 5.59. The second-order valence-corrected chi connectivity index (χ2v) is 6.74. The molecule has 1 N–H and O–H groups in total. The van der Waals surface area contributed by atoms with Gasteiger partial charge in [-0.05, 0) is 59.4 Å². The highest BCUT2D eigenvalue weighted by Gasteiger charge is 2.36. The first-order valence-electron chi connectivity index (χ1n) is 7.56. The van der Waals surface area contributed by atoms with Gasteiger partial charge in [0.1, 0.15) is 0 Å². The molecule has 2 unspecified atom stereocenters. The molecule has 1 aliphatic heterocycles. The van der Waals surface area contributed by atoms with Crippen molar-refractivity contribution in [1.29, 1.82) is 0 Å². The summed E-state index contributed by atoms with van der Waals surface area (Å²) in [6.45, 7) is 9.20. The number of methoxy groups -OCH3 is 1. The molecule has 3 nitrogen and oxygen atoms in total. The molecule has 106 valence electrons. The standard InChI is InChI=1S/C15H30N2O/c1-12(10-15(2,3)18-4)17(14-7-8-14)11-13-6-5-9-16-13/h12-14,16H,5-11H2,1-4H3. The number of ether oxygens (including phenoxy) is 1. The zero-order chi connectivity index (χ0) is 13.2. The molecule has 2 rings (SSSR count). The van der Waals surface area contributed by atoms with Gasteiger partial charge in [0.2, 0.25) is 0 Å². The Hall–Kier alpha value is -0.120. The van der Waals surface area contributed by atoms with E-state index in [2.05, 4.69) is 31.0 Å². The predicted molar refractivity (Wildman–Crippen MR) is 75.9 cm³/mol. The fraction of sp³-hybridized carbons (Fsp3) is 1.00. The number of nitrogens with one attached hydrogen (secondary N) is 1. The fourth-order valence-corrected chi connectivity index (χ4v) is 3.17. The van der Waals surface area contributed by atoms with Crippen LogP contribution in [0.1, 0.15) is 52.9 Å². The maximum Gasteiger partial charge on any atom is 0.0637 e. The topological polar surface area (TPSA) is 24.5 Å². The van der Waals surface area contributed by atoms with Crippen LogP contribution in [0, 0.1) is 0 Å². The van der Waals surface area contributed by atoms with Gasteiger partial charge in [0.15, 0.2) is 0 Å². The van der Waals surface area contributed by atoms with E-state index in [1.54, 1.807) is 0 Å². The van der Waals surface area contributed by atoms with E-state index in [0.29, 0.717) is 6.04 Å². The van der Waals surface area contributed by atoms with Crippen molar-refractivity contribution in [2.24, 2.45) is 0 Å². The first-order valence-corrected chi connectivity index (χ1v) is 7.56. The molecule has 18 heavy (non-hydrogen) atoms. The molecule has 2 atom stereocenters. The van der Waals surface area contributed by atoms with Crippen LogP contribution in [0.3, 0.4) is 0 Å². The lowest BCUT2D eigenvalue weighted by Crippen LogP contribution is -2.46.